The van der Waals surface area contributed by atoms with Crippen LogP contribution in [0.4, 0.5) is 5.82 Å². The molecule has 106 valence electrons. The average molecular weight is 262 g/mol. The average Bonchev–Trinajstić information content (AvgIpc) is 2.37. The molecular weight excluding hydrogens is 236 g/mol. The molecule has 2 unspecified atom stereocenters. The third-order valence-electron chi connectivity index (χ3n) is 4.04. The Balaban J connectivity index is 1.89. The van der Waals surface area contributed by atoms with Crippen LogP contribution in [0.25, 0.3) is 0 Å². The van der Waals surface area contributed by atoms with Gasteiger partial charge in [-0.25, -0.2) is 4.98 Å². The molecule has 1 aromatic rings. The summed E-state index contributed by atoms with van der Waals surface area (Å²) in [5.41, 5.74) is 1.39. The Bertz CT molecular complexity index is 394. The van der Waals surface area contributed by atoms with E-state index in [-0.39, 0.29) is 11.5 Å². The molecule has 0 aliphatic heterocycles. The SMILES string of the molecule is CC(C)(C)c1ccc(NCC2CCCCC2O)nc1. The molecule has 3 heteroatoms. The zero-order valence-electron chi connectivity index (χ0n) is 12.3. The number of nitrogens with zero attached hydrogens (tertiary/aromatic N) is 1. The molecule has 0 radical (unpaired) electrons. The van der Waals surface area contributed by atoms with E-state index in [9.17, 15) is 5.11 Å². The first-order chi connectivity index (χ1) is 8.97. The minimum Gasteiger partial charge on any atom is -0.393 e. The van der Waals surface area contributed by atoms with E-state index in [0.29, 0.717) is 5.92 Å². The monoisotopic (exact) mass is 262 g/mol. The molecule has 1 fully saturated rings. The van der Waals surface area contributed by atoms with Crippen LogP contribution >= 0.6 is 0 Å². The lowest BCUT2D eigenvalue weighted by Crippen LogP contribution is -2.30. The largest absolute Gasteiger partial charge is 0.393 e. The predicted octanol–water partition coefficient (Wildman–Crippen LogP) is 3.34. The molecule has 0 bridgehead atoms. The van der Waals surface area contributed by atoms with Crippen LogP contribution in [-0.2, 0) is 5.41 Å². The summed E-state index contributed by atoms with van der Waals surface area (Å²) in [5.74, 6) is 1.28. The quantitative estimate of drug-likeness (QED) is 0.878. The van der Waals surface area contributed by atoms with Crippen LogP contribution in [0.15, 0.2) is 18.3 Å². The van der Waals surface area contributed by atoms with E-state index in [4.69, 9.17) is 0 Å². The number of nitrogens with one attached hydrogen (secondary N) is 1. The third kappa shape index (κ3) is 3.93. The molecule has 3 nitrogen and oxygen atoms in total. The fourth-order valence-electron chi connectivity index (χ4n) is 2.60. The van der Waals surface area contributed by atoms with Gasteiger partial charge in [-0.05, 0) is 29.9 Å². The molecule has 2 atom stereocenters. The predicted molar refractivity (Wildman–Crippen MR) is 79.4 cm³/mol. The molecule has 1 aromatic heterocycles. The van der Waals surface area contributed by atoms with Crippen molar-refractivity contribution in [3.8, 4) is 0 Å². The standard InChI is InChI=1S/C16H26N2O/c1-16(2,3)13-8-9-15(18-11-13)17-10-12-6-4-5-7-14(12)19/h8-9,11-12,14,19H,4-7,10H2,1-3H3,(H,17,18). The van der Waals surface area contributed by atoms with Gasteiger partial charge in [-0.15, -0.1) is 0 Å². The van der Waals surface area contributed by atoms with E-state index in [1.54, 1.807) is 0 Å². The molecule has 1 aliphatic rings. The molecular formula is C16H26N2O. The Kier molecular flexibility index (Phi) is 4.46. The van der Waals surface area contributed by atoms with Crippen LogP contribution < -0.4 is 5.32 Å². The molecule has 1 aliphatic carbocycles. The molecule has 2 rings (SSSR count). The van der Waals surface area contributed by atoms with Crippen molar-refractivity contribution in [3.05, 3.63) is 23.9 Å². The Morgan fingerprint density at radius 1 is 1.26 bits per heavy atom. The van der Waals surface area contributed by atoms with E-state index in [2.05, 4.69) is 37.1 Å². The molecule has 0 spiro atoms. The molecule has 2 N–H and O–H groups in total. The normalized spacial score (nSPS) is 24.2. The smallest absolute Gasteiger partial charge is 0.125 e. The van der Waals surface area contributed by atoms with Crippen LogP contribution in [0.2, 0.25) is 0 Å². The van der Waals surface area contributed by atoms with E-state index in [0.717, 1.165) is 31.6 Å². The van der Waals surface area contributed by atoms with Crippen LogP contribution in [0, 0.1) is 5.92 Å². The van der Waals surface area contributed by atoms with Gasteiger partial charge in [0.25, 0.3) is 0 Å². The van der Waals surface area contributed by atoms with Crippen LogP contribution in [0.3, 0.4) is 0 Å². The summed E-state index contributed by atoms with van der Waals surface area (Å²) in [6.07, 6.45) is 6.27. The fraction of sp³-hybridized carbons (Fsp3) is 0.688. The zero-order valence-corrected chi connectivity index (χ0v) is 12.3. The van der Waals surface area contributed by atoms with Crippen molar-refractivity contribution in [2.75, 3.05) is 11.9 Å². The topological polar surface area (TPSA) is 45.1 Å². The lowest BCUT2D eigenvalue weighted by Gasteiger charge is -2.27. The summed E-state index contributed by atoms with van der Waals surface area (Å²) in [6.45, 7) is 7.39. The zero-order chi connectivity index (χ0) is 13.9. The van der Waals surface area contributed by atoms with E-state index in [1.807, 2.05) is 12.3 Å². The van der Waals surface area contributed by atoms with Crippen molar-refractivity contribution >= 4 is 5.82 Å². The first-order valence-electron chi connectivity index (χ1n) is 7.35. The van der Waals surface area contributed by atoms with E-state index in [1.165, 1.54) is 12.0 Å². The molecule has 1 saturated carbocycles. The maximum Gasteiger partial charge on any atom is 0.125 e. The van der Waals surface area contributed by atoms with Crippen LogP contribution in [-0.4, -0.2) is 22.7 Å². The van der Waals surface area contributed by atoms with Gasteiger partial charge in [0.2, 0.25) is 0 Å². The minimum atomic E-state index is -0.143. The van der Waals surface area contributed by atoms with Crippen molar-refractivity contribution in [1.82, 2.24) is 4.98 Å². The lowest BCUT2D eigenvalue weighted by atomic mass is 9.86. The Labute approximate surface area is 116 Å². The fourth-order valence-corrected chi connectivity index (χ4v) is 2.60. The van der Waals surface area contributed by atoms with Crippen molar-refractivity contribution in [3.63, 3.8) is 0 Å². The second-order valence-electron chi connectivity index (χ2n) is 6.67. The third-order valence-corrected chi connectivity index (χ3v) is 4.04. The Morgan fingerprint density at radius 2 is 2.00 bits per heavy atom. The number of aromatic nitrogens is 1. The number of aliphatic hydroxyl groups is 1. The highest BCUT2D eigenvalue weighted by Gasteiger charge is 2.22. The van der Waals surface area contributed by atoms with Crippen molar-refractivity contribution in [2.45, 2.75) is 58.0 Å². The van der Waals surface area contributed by atoms with Crippen molar-refractivity contribution in [1.29, 1.82) is 0 Å². The maximum absolute atomic E-state index is 9.94. The van der Waals surface area contributed by atoms with Gasteiger partial charge in [-0.1, -0.05) is 39.7 Å². The molecule has 19 heavy (non-hydrogen) atoms. The number of hydrogen-bond acceptors (Lipinski definition) is 3. The highest BCUT2D eigenvalue weighted by Crippen LogP contribution is 2.25. The first kappa shape index (κ1) is 14.3. The summed E-state index contributed by atoms with van der Waals surface area (Å²) >= 11 is 0. The van der Waals surface area contributed by atoms with Gasteiger partial charge in [-0.3, -0.25) is 0 Å². The highest BCUT2D eigenvalue weighted by atomic mass is 16.3. The van der Waals surface area contributed by atoms with Gasteiger partial charge in [0.15, 0.2) is 0 Å². The molecule has 0 aromatic carbocycles. The van der Waals surface area contributed by atoms with Gasteiger partial charge >= 0.3 is 0 Å². The summed E-state index contributed by atoms with van der Waals surface area (Å²) < 4.78 is 0. The second kappa shape index (κ2) is 5.91. The number of rotatable bonds is 3. The number of aliphatic hydroxyl groups excluding tert-OH is 1. The molecule has 0 amide bonds. The molecule has 1 heterocycles. The maximum atomic E-state index is 9.94. The molecule has 0 saturated heterocycles. The van der Waals surface area contributed by atoms with Gasteiger partial charge in [0, 0.05) is 18.7 Å². The van der Waals surface area contributed by atoms with Crippen LogP contribution in [0.5, 0.6) is 0 Å². The number of anilines is 1. The van der Waals surface area contributed by atoms with Gasteiger partial charge in [-0.2, -0.15) is 0 Å². The first-order valence-corrected chi connectivity index (χ1v) is 7.35. The second-order valence-corrected chi connectivity index (χ2v) is 6.67. The van der Waals surface area contributed by atoms with Gasteiger partial charge in [0.05, 0.1) is 6.10 Å². The van der Waals surface area contributed by atoms with Gasteiger partial charge < -0.3 is 10.4 Å². The van der Waals surface area contributed by atoms with Crippen molar-refractivity contribution < 1.29 is 5.11 Å². The number of hydrogen-bond donors (Lipinski definition) is 2. The summed E-state index contributed by atoms with van der Waals surface area (Å²) in [5, 5.41) is 13.3. The minimum absolute atomic E-state index is 0.143. The van der Waals surface area contributed by atoms with Crippen molar-refractivity contribution in [2.24, 2.45) is 5.92 Å². The Hall–Kier alpha value is -1.09. The van der Waals surface area contributed by atoms with E-state index >= 15 is 0 Å². The summed E-state index contributed by atoms with van der Waals surface area (Å²) in [7, 11) is 0. The summed E-state index contributed by atoms with van der Waals surface area (Å²) in [4.78, 5) is 4.46. The lowest BCUT2D eigenvalue weighted by molar-refractivity contribution is 0.0763. The van der Waals surface area contributed by atoms with Gasteiger partial charge in [0.1, 0.15) is 5.82 Å². The number of pyridine rings is 1. The Morgan fingerprint density at radius 3 is 2.58 bits per heavy atom. The highest BCUT2D eigenvalue weighted by molar-refractivity contribution is 5.37. The summed E-state index contributed by atoms with van der Waals surface area (Å²) in [6, 6.07) is 4.17. The van der Waals surface area contributed by atoms with E-state index < -0.39 is 0 Å². The van der Waals surface area contributed by atoms with Crippen LogP contribution in [0.1, 0.15) is 52.0 Å².